The molecular formula is C8H17N4O4Y-. The van der Waals surface area contributed by atoms with Gasteiger partial charge in [0.1, 0.15) is 0 Å². The van der Waals surface area contributed by atoms with Crippen molar-refractivity contribution in [1.82, 2.24) is 5.32 Å². The zero-order valence-corrected chi connectivity index (χ0v) is 12.5. The summed E-state index contributed by atoms with van der Waals surface area (Å²) in [6.07, 6.45) is 5.12. The van der Waals surface area contributed by atoms with Crippen LogP contribution in [0.3, 0.4) is 0 Å². The molecule has 1 amide bonds. The van der Waals surface area contributed by atoms with Crippen molar-refractivity contribution in [3.05, 3.63) is 10.1 Å². The van der Waals surface area contributed by atoms with E-state index in [2.05, 4.69) is 5.32 Å². The maximum absolute atomic E-state index is 9.87. The molecule has 1 atom stereocenters. The molecule has 0 fully saturated rings. The van der Waals surface area contributed by atoms with Crippen LogP contribution in [-0.4, -0.2) is 28.6 Å². The molecule has 0 aromatic carbocycles. The van der Waals surface area contributed by atoms with Gasteiger partial charge in [-0.05, 0) is 25.8 Å². The van der Waals surface area contributed by atoms with E-state index in [0.29, 0.717) is 6.42 Å². The third-order valence-electron chi connectivity index (χ3n) is 1.64. The van der Waals surface area contributed by atoms with Crippen LogP contribution in [0.2, 0.25) is 0 Å². The molecule has 8 nitrogen and oxygen atoms in total. The van der Waals surface area contributed by atoms with E-state index >= 15 is 0 Å². The Balaban J connectivity index is -0.000000340. The summed E-state index contributed by atoms with van der Waals surface area (Å²) in [5, 5.41) is 23.1. The van der Waals surface area contributed by atoms with E-state index in [-0.39, 0.29) is 44.6 Å². The van der Waals surface area contributed by atoms with Crippen molar-refractivity contribution in [2.45, 2.75) is 38.6 Å². The Morgan fingerprint density at radius 1 is 1.65 bits per heavy atom. The van der Waals surface area contributed by atoms with Crippen LogP contribution in [0.5, 0.6) is 0 Å². The van der Waals surface area contributed by atoms with E-state index < -0.39 is 5.09 Å². The van der Waals surface area contributed by atoms with Gasteiger partial charge in [-0.15, -0.1) is 10.1 Å². The molecule has 0 rings (SSSR count). The maximum atomic E-state index is 9.87. The van der Waals surface area contributed by atoms with E-state index in [1.54, 1.807) is 6.41 Å². The van der Waals surface area contributed by atoms with Gasteiger partial charge in [-0.25, -0.2) is 0 Å². The molecule has 97 valence electrons. The minimum atomic E-state index is -1.50. The molecule has 1 radical (unpaired) electrons. The molecular weight excluding hydrogens is 305 g/mol. The molecule has 0 saturated carbocycles. The van der Waals surface area contributed by atoms with Crippen molar-refractivity contribution in [2.75, 3.05) is 0 Å². The van der Waals surface area contributed by atoms with Gasteiger partial charge in [-0.2, -0.15) is 6.41 Å². The van der Waals surface area contributed by atoms with Crippen LogP contribution >= 0.6 is 0 Å². The minimum absolute atomic E-state index is 0. The van der Waals surface area contributed by atoms with Gasteiger partial charge in [0.25, 0.3) is 5.09 Å². The smallest absolute Gasteiger partial charge is 0.291 e. The quantitative estimate of drug-likeness (QED) is 0.101. The largest absolute Gasteiger partial charge is 0.528 e. The summed E-state index contributed by atoms with van der Waals surface area (Å²) < 4.78 is 0. The van der Waals surface area contributed by atoms with Crippen molar-refractivity contribution >= 4 is 12.2 Å². The fourth-order valence-electron chi connectivity index (χ4n) is 0.939. The molecule has 5 N–H and O–H groups in total. The first-order valence-electron chi connectivity index (χ1n) is 4.69. The third kappa shape index (κ3) is 31.3. The molecule has 0 aliphatic heterocycles. The second-order valence-corrected chi connectivity index (χ2v) is 3.16. The monoisotopic (exact) mass is 322 g/mol. The Kier molecular flexibility index (Phi) is 19.3. The molecule has 0 saturated heterocycles. The topological polar surface area (TPSA) is 142 Å². The van der Waals surface area contributed by atoms with Gasteiger partial charge in [-0.3, -0.25) is 5.41 Å². The number of nitrogens with one attached hydrogen (secondary N) is 2. The standard InChI is InChI=1S/C8H16N3O.HNO3.Y/c1-7(11-6-12)4-2-3-5-8(9)10;2-1(3)4;/h7H,2-5H2,1H3,(H3,9,10)(H,11,12);(H,2,3,4);/q-1;;. The van der Waals surface area contributed by atoms with Crippen LogP contribution in [0, 0.1) is 15.5 Å². The molecule has 17 heavy (non-hydrogen) atoms. The summed E-state index contributed by atoms with van der Waals surface area (Å²) in [7, 11) is 0. The van der Waals surface area contributed by atoms with Gasteiger partial charge in [0.15, 0.2) is 0 Å². The maximum Gasteiger partial charge on any atom is 0.291 e. The van der Waals surface area contributed by atoms with Crippen molar-refractivity contribution < 1.29 is 47.8 Å². The fourth-order valence-corrected chi connectivity index (χ4v) is 0.939. The molecule has 0 heterocycles. The Hall–Kier alpha value is -0.756. The van der Waals surface area contributed by atoms with Crippen molar-refractivity contribution in [2.24, 2.45) is 5.73 Å². The molecule has 1 unspecified atom stereocenters. The van der Waals surface area contributed by atoms with Crippen molar-refractivity contribution in [3.8, 4) is 0 Å². The fraction of sp³-hybridized carbons (Fsp3) is 0.750. The average Bonchev–Trinajstić information content (AvgIpc) is 2.12. The van der Waals surface area contributed by atoms with E-state index in [1.807, 2.05) is 6.92 Å². The first-order chi connectivity index (χ1) is 7.40. The van der Waals surface area contributed by atoms with Crippen LogP contribution in [0.15, 0.2) is 0 Å². The first-order valence-corrected chi connectivity index (χ1v) is 4.69. The van der Waals surface area contributed by atoms with Crippen molar-refractivity contribution in [1.29, 1.82) is 5.41 Å². The number of nitrogens with zero attached hydrogens (tertiary/aromatic N) is 1. The van der Waals surface area contributed by atoms with Gasteiger partial charge in [-0.1, -0.05) is 6.42 Å². The molecule has 0 bridgehead atoms. The number of hydrogen-bond donors (Lipinski definition) is 4. The summed E-state index contributed by atoms with van der Waals surface area (Å²) in [4.78, 5) is 18.2. The molecule has 0 aliphatic carbocycles. The predicted molar refractivity (Wildman–Crippen MR) is 57.5 cm³/mol. The molecule has 0 spiro atoms. The zero-order valence-electron chi connectivity index (χ0n) is 9.68. The molecule has 0 aromatic rings. The number of amidine groups is 1. The average molecular weight is 322 g/mol. The Bertz CT molecular complexity index is 224. The number of rotatable bonds is 7. The van der Waals surface area contributed by atoms with Gasteiger partial charge >= 0.3 is 0 Å². The SMILES string of the molecule is CC(CCCCC(=N)N)N[C-]=O.O=[N+]([O-])O.[Y]. The summed E-state index contributed by atoms with van der Waals surface area (Å²) >= 11 is 0. The van der Waals surface area contributed by atoms with E-state index in [4.69, 9.17) is 26.5 Å². The Morgan fingerprint density at radius 2 is 2.12 bits per heavy atom. The van der Waals surface area contributed by atoms with Gasteiger partial charge in [0.05, 0.1) is 5.84 Å². The number of nitrogens with two attached hydrogens (primary N) is 1. The summed E-state index contributed by atoms with van der Waals surface area (Å²) in [6, 6.07) is 0.175. The molecule has 0 aliphatic rings. The third-order valence-corrected chi connectivity index (χ3v) is 1.64. The summed E-state index contributed by atoms with van der Waals surface area (Å²) in [5.41, 5.74) is 5.17. The summed E-state index contributed by atoms with van der Waals surface area (Å²) in [6.45, 7) is 1.93. The van der Waals surface area contributed by atoms with Gasteiger partial charge in [0.2, 0.25) is 0 Å². The number of unbranched alkanes of at least 4 members (excludes halogenated alkanes) is 1. The van der Waals surface area contributed by atoms with Crippen LogP contribution in [-0.2, 0) is 37.5 Å². The second-order valence-electron chi connectivity index (χ2n) is 3.16. The summed E-state index contributed by atoms with van der Waals surface area (Å²) in [5.74, 6) is 0.234. The minimum Gasteiger partial charge on any atom is -0.528 e. The van der Waals surface area contributed by atoms with Crippen molar-refractivity contribution in [3.63, 3.8) is 0 Å². The number of hydrogen-bond acceptors (Lipinski definition) is 4. The van der Waals surface area contributed by atoms with Crippen LogP contribution in [0.4, 0.5) is 0 Å². The number of carbonyl (C=O) groups excluding carboxylic acids is 1. The normalized spacial score (nSPS) is 9.94. The predicted octanol–water partition coefficient (Wildman–Crippen LogP) is 0.178. The molecule has 9 heteroatoms. The van der Waals surface area contributed by atoms with E-state index in [9.17, 15) is 4.79 Å². The number of amides is 1. The molecule has 0 aromatic heterocycles. The first kappa shape index (κ1) is 21.5. The van der Waals surface area contributed by atoms with Crippen LogP contribution < -0.4 is 11.1 Å². The zero-order chi connectivity index (χ0) is 13.0. The Labute approximate surface area is 125 Å². The van der Waals surface area contributed by atoms with E-state index in [1.165, 1.54) is 0 Å². The van der Waals surface area contributed by atoms with Gasteiger partial charge < -0.3 is 21.1 Å². The second kappa shape index (κ2) is 15.2. The van der Waals surface area contributed by atoms with Gasteiger partial charge in [0, 0.05) is 39.1 Å². The van der Waals surface area contributed by atoms with Crippen LogP contribution in [0.25, 0.3) is 0 Å². The van der Waals surface area contributed by atoms with Crippen LogP contribution in [0.1, 0.15) is 32.6 Å². The Morgan fingerprint density at radius 3 is 2.47 bits per heavy atom. The van der Waals surface area contributed by atoms with E-state index in [0.717, 1.165) is 19.3 Å².